The van der Waals surface area contributed by atoms with Crippen LogP contribution in [0.25, 0.3) is 0 Å². The highest BCUT2D eigenvalue weighted by Crippen LogP contribution is 2.30. The van der Waals surface area contributed by atoms with Crippen molar-refractivity contribution in [2.45, 2.75) is 45.3 Å². The second kappa shape index (κ2) is 13.1. The molecule has 0 aliphatic heterocycles. The fourth-order valence-electron chi connectivity index (χ4n) is 2.43. The Kier molecular flexibility index (Phi) is 10.8. The normalized spacial score (nSPS) is 12.3. The molecule has 0 heterocycles. The van der Waals surface area contributed by atoms with Crippen LogP contribution in [0.1, 0.15) is 32.3 Å². The number of carboxylic acids is 1. The van der Waals surface area contributed by atoms with Gasteiger partial charge >= 0.3 is 24.2 Å². The summed E-state index contributed by atoms with van der Waals surface area (Å²) in [7, 11) is 2.22. The molecule has 1 unspecified atom stereocenters. The van der Waals surface area contributed by atoms with Gasteiger partial charge in [0.05, 0.1) is 14.2 Å². The lowest BCUT2D eigenvalue weighted by Crippen LogP contribution is -2.42. The molecule has 172 valence electrons. The first-order valence-electron chi connectivity index (χ1n) is 9.50. The maximum absolute atomic E-state index is 11.6. The van der Waals surface area contributed by atoms with Gasteiger partial charge in [-0.15, -0.1) is 0 Å². The predicted molar refractivity (Wildman–Crippen MR) is 106 cm³/mol. The SMILES string of the molecule is CCCC(=O)OC(C)CN[C@@H](Cc1ccc(OC(=O)OC)c(OC(=O)OC)c1)C(=O)O. The number of nitrogens with one attached hydrogen (secondary N) is 1. The largest absolute Gasteiger partial charge is 0.513 e. The minimum absolute atomic E-state index is 0.000989. The van der Waals surface area contributed by atoms with Crippen LogP contribution >= 0.6 is 0 Å². The lowest BCUT2D eigenvalue weighted by Gasteiger charge is -2.19. The first kappa shape index (κ1) is 25.7. The Morgan fingerprint density at radius 3 is 2.19 bits per heavy atom. The summed E-state index contributed by atoms with van der Waals surface area (Å²) >= 11 is 0. The van der Waals surface area contributed by atoms with Gasteiger partial charge in [-0.25, -0.2) is 9.59 Å². The van der Waals surface area contributed by atoms with Gasteiger partial charge in [-0.3, -0.25) is 9.59 Å². The quantitative estimate of drug-likeness (QED) is 0.296. The third kappa shape index (κ3) is 9.34. The van der Waals surface area contributed by atoms with Gasteiger partial charge in [-0.05, 0) is 37.5 Å². The molecule has 0 amide bonds. The zero-order valence-electron chi connectivity index (χ0n) is 17.8. The van der Waals surface area contributed by atoms with E-state index in [1.165, 1.54) is 18.2 Å². The van der Waals surface area contributed by atoms with Crippen molar-refractivity contribution in [3.63, 3.8) is 0 Å². The molecule has 1 aromatic carbocycles. The van der Waals surface area contributed by atoms with E-state index in [1.54, 1.807) is 6.92 Å². The number of esters is 1. The molecule has 31 heavy (non-hydrogen) atoms. The molecule has 11 nitrogen and oxygen atoms in total. The summed E-state index contributed by atoms with van der Waals surface area (Å²) in [4.78, 5) is 46.0. The number of carboxylic acid groups (broad SMARTS) is 1. The zero-order chi connectivity index (χ0) is 23.4. The van der Waals surface area contributed by atoms with E-state index in [4.69, 9.17) is 14.2 Å². The van der Waals surface area contributed by atoms with Crippen molar-refractivity contribution in [2.75, 3.05) is 20.8 Å². The Morgan fingerprint density at radius 1 is 1.03 bits per heavy atom. The van der Waals surface area contributed by atoms with Crippen molar-refractivity contribution in [3.05, 3.63) is 23.8 Å². The summed E-state index contributed by atoms with van der Waals surface area (Å²) in [6.07, 6.45) is -1.66. The minimum Gasteiger partial charge on any atom is -0.480 e. The number of hydrogen-bond acceptors (Lipinski definition) is 10. The third-order valence-corrected chi connectivity index (χ3v) is 3.90. The minimum atomic E-state index is -1.13. The summed E-state index contributed by atoms with van der Waals surface area (Å²) in [5.41, 5.74) is 0.464. The van der Waals surface area contributed by atoms with Crippen LogP contribution in [-0.2, 0) is 30.2 Å². The van der Waals surface area contributed by atoms with E-state index in [1.807, 2.05) is 6.92 Å². The molecule has 1 aromatic rings. The lowest BCUT2D eigenvalue weighted by atomic mass is 10.0. The van der Waals surface area contributed by atoms with Gasteiger partial charge < -0.3 is 34.1 Å². The molecule has 11 heteroatoms. The fraction of sp³-hybridized carbons (Fsp3) is 0.500. The van der Waals surface area contributed by atoms with Gasteiger partial charge in [0.15, 0.2) is 11.5 Å². The molecule has 0 aromatic heterocycles. The van der Waals surface area contributed by atoms with Crippen molar-refractivity contribution in [1.82, 2.24) is 5.32 Å². The highest BCUT2D eigenvalue weighted by Gasteiger charge is 2.22. The predicted octanol–water partition coefficient (Wildman–Crippen LogP) is 2.29. The van der Waals surface area contributed by atoms with E-state index in [-0.39, 0.29) is 36.9 Å². The average molecular weight is 441 g/mol. The fourth-order valence-corrected chi connectivity index (χ4v) is 2.43. The Hall–Kier alpha value is -3.34. The van der Waals surface area contributed by atoms with Crippen molar-refractivity contribution in [2.24, 2.45) is 0 Å². The molecule has 0 saturated heterocycles. The van der Waals surface area contributed by atoms with Crippen LogP contribution in [0.3, 0.4) is 0 Å². The Balaban J connectivity index is 2.90. The monoisotopic (exact) mass is 441 g/mol. The van der Waals surface area contributed by atoms with Crippen molar-refractivity contribution in [1.29, 1.82) is 0 Å². The summed E-state index contributed by atoms with van der Waals surface area (Å²) in [5.74, 6) is -1.75. The highest BCUT2D eigenvalue weighted by molar-refractivity contribution is 5.74. The van der Waals surface area contributed by atoms with E-state index in [0.717, 1.165) is 14.2 Å². The maximum atomic E-state index is 11.6. The van der Waals surface area contributed by atoms with Crippen LogP contribution in [0, 0.1) is 0 Å². The molecule has 0 bridgehead atoms. The van der Waals surface area contributed by atoms with Crippen LogP contribution in [0.5, 0.6) is 11.5 Å². The molecule has 0 aliphatic carbocycles. The Labute approximate surface area is 179 Å². The molecule has 2 N–H and O–H groups in total. The molecule has 0 radical (unpaired) electrons. The van der Waals surface area contributed by atoms with Crippen LogP contribution in [0.15, 0.2) is 18.2 Å². The van der Waals surface area contributed by atoms with Crippen molar-refractivity contribution in [3.8, 4) is 11.5 Å². The number of carbonyl (C=O) groups excluding carboxylic acids is 3. The number of hydrogen-bond donors (Lipinski definition) is 2. The third-order valence-electron chi connectivity index (χ3n) is 3.90. The number of methoxy groups -OCH3 is 2. The first-order valence-corrected chi connectivity index (χ1v) is 9.50. The highest BCUT2D eigenvalue weighted by atomic mass is 16.7. The molecule has 0 spiro atoms. The molecule has 2 atom stereocenters. The second-order valence-electron chi connectivity index (χ2n) is 6.45. The van der Waals surface area contributed by atoms with E-state index < -0.39 is 30.4 Å². The van der Waals surface area contributed by atoms with Crippen molar-refractivity contribution >= 4 is 24.2 Å². The molecule has 0 fully saturated rings. The molecular formula is C20H27NO10. The van der Waals surface area contributed by atoms with Crippen LogP contribution in [-0.4, -0.2) is 62.3 Å². The molecule has 0 aliphatic rings. The Morgan fingerprint density at radius 2 is 1.65 bits per heavy atom. The van der Waals surface area contributed by atoms with Gasteiger partial charge in [0.2, 0.25) is 0 Å². The molecule has 1 rings (SSSR count). The van der Waals surface area contributed by atoms with Gasteiger partial charge in [-0.1, -0.05) is 13.0 Å². The summed E-state index contributed by atoms with van der Waals surface area (Å²) in [5, 5.41) is 12.3. The number of aliphatic carboxylic acids is 1. The number of rotatable bonds is 11. The van der Waals surface area contributed by atoms with Crippen LogP contribution in [0.4, 0.5) is 9.59 Å². The van der Waals surface area contributed by atoms with E-state index in [9.17, 15) is 24.3 Å². The van der Waals surface area contributed by atoms with E-state index >= 15 is 0 Å². The standard InChI is InChI=1S/C20H27NO10/c1-5-6-17(22)29-12(2)11-21-14(18(23)24)9-13-7-8-15(30-19(25)27-3)16(10-13)31-20(26)28-4/h7-8,10,12,14,21H,5-6,9,11H2,1-4H3,(H,23,24)/t12?,14-/m0/s1. The Bertz CT molecular complexity index is 779. The molecular weight excluding hydrogens is 414 g/mol. The lowest BCUT2D eigenvalue weighted by molar-refractivity contribution is -0.148. The average Bonchev–Trinajstić information content (AvgIpc) is 2.72. The van der Waals surface area contributed by atoms with Gasteiger partial charge in [-0.2, -0.15) is 0 Å². The van der Waals surface area contributed by atoms with Crippen LogP contribution in [0.2, 0.25) is 0 Å². The number of benzene rings is 1. The summed E-state index contributed by atoms with van der Waals surface area (Å²) in [6, 6.07) is 3.16. The summed E-state index contributed by atoms with van der Waals surface area (Å²) in [6.45, 7) is 3.63. The van der Waals surface area contributed by atoms with Gasteiger partial charge in [0.1, 0.15) is 12.1 Å². The molecule has 0 saturated carbocycles. The second-order valence-corrected chi connectivity index (χ2v) is 6.45. The summed E-state index contributed by atoms with van der Waals surface area (Å²) < 4.78 is 23.9. The number of ether oxygens (including phenoxy) is 5. The smallest absolute Gasteiger partial charge is 0.480 e. The van der Waals surface area contributed by atoms with Crippen LogP contribution < -0.4 is 14.8 Å². The van der Waals surface area contributed by atoms with Gasteiger partial charge in [0.25, 0.3) is 0 Å². The first-order chi connectivity index (χ1) is 14.7. The van der Waals surface area contributed by atoms with E-state index in [0.29, 0.717) is 12.0 Å². The number of carbonyl (C=O) groups is 4. The maximum Gasteiger partial charge on any atom is 0.513 e. The van der Waals surface area contributed by atoms with Crippen molar-refractivity contribution < 1.29 is 48.0 Å². The van der Waals surface area contributed by atoms with Gasteiger partial charge in [0, 0.05) is 13.0 Å². The zero-order valence-corrected chi connectivity index (χ0v) is 17.8. The topological polar surface area (TPSA) is 147 Å². The van der Waals surface area contributed by atoms with E-state index in [2.05, 4.69) is 14.8 Å².